The predicted octanol–water partition coefficient (Wildman–Crippen LogP) is 1.17. The highest BCUT2D eigenvalue weighted by atomic mass is 15.2. The van der Waals surface area contributed by atoms with Gasteiger partial charge in [-0.1, -0.05) is 18.2 Å². The van der Waals surface area contributed by atoms with Crippen LogP contribution in [0.1, 0.15) is 6.42 Å². The second-order valence-corrected chi connectivity index (χ2v) is 4.24. The van der Waals surface area contributed by atoms with E-state index in [2.05, 4.69) is 21.2 Å². The molecule has 2 aromatic rings. The molecule has 1 aromatic carbocycles. The Morgan fingerprint density at radius 2 is 2.19 bits per heavy atom. The number of aromatic nitrogens is 2. The molecule has 2 heterocycles. The predicted molar refractivity (Wildman–Crippen MR) is 64.3 cm³/mol. The SMILES string of the molecule is NC1CCN(c2cnnc3ccccc23)C1. The molecule has 0 radical (unpaired) electrons. The summed E-state index contributed by atoms with van der Waals surface area (Å²) in [6.07, 6.45) is 2.89. The lowest BCUT2D eigenvalue weighted by Gasteiger charge is -2.18. The molecule has 4 heteroatoms. The van der Waals surface area contributed by atoms with Gasteiger partial charge in [0.15, 0.2) is 0 Å². The van der Waals surface area contributed by atoms with Gasteiger partial charge in [0.05, 0.1) is 17.4 Å². The van der Waals surface area contributed by atoms with Crippen molar-refractivity contribution >= 4 is 16.6 Å². The van der Waals surface area contributed by atoms with Gasteiger partial charge in [0.2, 0.25) is 0 Å². The third-order valence-electron chi connectivity index (χ3n) is 3.09. The normalized spacial score (nSPS) is 20.6. The highest BCUT2D eigenvalue weighted by Gasteiger charge is 2.21. The molecule has 1 aromatic heterocycles. The first-order valence-corrected chi connectivity index (χ1v) is 5.55. The Bertz CT molecular complexity index is 506. The van der Waals surface area contributed by atoms with E-state index in [0.29, 0.717) is 0 Å². The van der Waals surface area contributed by atoms with Crippen LogP contribution in [0, 0.1) is 0 Å². The Kier molecular flexibility index (Phi) is 2.22. The fraction of sp³-hybridized carbons (Fsp3) is 0.333. The van der Waals surface area contributed by atoms with Crippen LogP contribution in [0.3, 0.4) is 0 Å². The van der Waals surface area contributed by atoms with E-state index in [1.165, 1.54) is 0 Å². The number of hydrogen-bond acceptors (Lipinski definition) is 4. The number of nitrogens with two attached hydrogens (primary N) is 1. The molecule has 2 N–H and O–H groups in total. The van der Waals surface area contributed by atoms with Crippen LogP contribution in [0.2, 0.25) is 0 Å². The largest absolute Gasteiger partial charge is 0.368 e. The highest BCUT2D eigenvalue weighted by Crippen LogP contribution is 2.26. The van der Waals surface area contributed by atoms with Gasteiger partial charge in [0, 0.05) is 24.5 Å². The van der Waals surface area contributed by atoms with Crippen LogP contribution in [0.25, 0.3) is 10.9 Å². The van der Waals surface area contributed by atoms with Crippen molar-refractivity contribution in [1.29, 1.82) is 0 Å². The standard InChI is InChI=1S/C12H14N4/c13-9-5-6-16(8-9)12-7-14-15-11-4-2-1-3-10(11)12/h1-4,7,9H,5-6,8,13H2. The molecule has 1 unspecified atom stereocenters. The lowest BCUT2D eigenvalue weighted by molar-refractivity contribution is 0.752. The average molecular weight is 214 g/mol. The summed E-state index contributed by atoms with van der Waals surface area (Å²) in [4.78, 5) is 2.29. The first-order valence-electron chi connectivity index (χ1n) is 5.55. The van der Waals surface area contributed by atoms with Crippen molar-refractivity contribution in [3.8, 4) is 0 Å². The molecule has 0 amide bonds. The van der Waals surface area contributed by atoms with Gasteiger partial charge < -0.3 is 10.6 Å². The summed E-state index contributed by atoms with van der Waals surface area (Å²) in [5, 5.41) is 9.33. The first kappa shape index (κ1) is 9.54. The van der Waals surface area contributed by atoms with Crippen LogP contribution in [0.4, 0.5) is 5.69 Å². The molecule has 1 atom stereocenters. The summed E-state index contributed by atoms with van der Waals surface area (Å²) < 4.78 is 0. The third kappa shape index (κ3) is 1.51. The average Bonchev–Trinajstić information content (AvgIpc) is 2.75. The first-order chi connectivity index (χ1) is 7.84. The quantitative estimate of drug-likeness (QED) is 0.774. The number of anilines is 1. The van der Waals surface area contributed by atoms with Crippen molar-refractivity contribution in [1.82, 2.24) is 10.2 Å². The number of hydrogen-bond donors (Lipinski definition) is 1. The molecule has 16 heavy (non-hydrogen) atoms. The number of fused-ring (bicyclic) bond motifs is 1. The van der Waals surface area contributed by atoms with Crippen molar-refractivity contribution in [3.63, 3.8) is 0 Å². The topological polar surface area (TPSA) is 55.0 Å². The van der Waals surface area contributed by atoms with E-state index in [9.17, 15) is 0 Å². The zero-order chi connectivity index (χ0) is 11.0. The maximum atomic E-state index is 5.93. The lowest BCUT2D eigenvalue weighted by atomic mass is 10.2. The zero-order valence-electron chi connectivity index (χ0n) is 9.00. The van der Waals surface area contributed by atoms with Gasteiger partial charge in [-0.25, -0.2) is 0 Å². The molecule has 1 saturated heterocycles. The maximum Gasteiger partial charge on any atom is 0.0950 e. The second-order valence-electron chi connectivity index (χ2n) is 4.24. The van der Waals surface area contributed by atoms with Gasteiger partial charge >= 0.3 is 0 Å². The fourth-order valence-corrected chi connectivity index (χ4v) is 2.25. The highest BCUT2D eigenvalue weighted by molar-refractivity contribution is 5.90. The number of benzene rings is 1. The summed E-state index contributed by atoms with van der Waals surface area (Å²) in [5.41, 5.74) is 8.03. The van der Waals surface area contributed by atoms with E-state index in [0.717, 1.165) is 36.1 Å². The van der Waals surface area contributed by atoms with Gasteiger partial charge in [-0.15, -0.1) is 0 Å². The van der Waals surface area contributed by atoms with Crippen molar-refractivity contribution in [2.24, 2.45) is 5.73 Å². The molecule has 0 aliphatic carbocycles. The van der Waals surface area contributed by atoms with E-state index in [4.69, 9.17) is 5.73 Å². The minimum Gasteiger partial charge on any atom is -0.368 e. The van der Waals surface area contributed by atoms with Crippen LogP contribution in [0.15, 0.2) is 30.5 Å². The molecule has 4 nitrogen and oxygen atoms in total. The molecule has 1 aliphatic heterocycles. The van der Waals surface area contributed by atoms with E-state index >= 15 is 0 Å². The molecule has 3 rings (SSSR count). The Labute approximate surface area is 94.1 Å². The summed E-state index contributed by atoms with van der Waals surface area (Å²) >= 11 is 0. The third-order valence-corrected chi connectivity index (χ3v) is 3.09. The summed E-state index contributed by atoms with van der Waals surface area (Å²) in [6.45, 7) is 1.92. The van der Waals surface area contributed by atoms with Crippen molar-refractivity contribution < 1.29 is 0 Å². The van der Waals surface area contributed by atoms with E-state index in [1.807, 2.05) is 24.4 Å². The number of rotatable bonds is 1. The molecule has 82 valence electrons. The lowest BCUT2D eigenvalue weighted by Crippen LogP contribution is -2.26. The van der Waals surface area contributed by atoms with E-state index in [-0.39, 0.29) is 6.04 Å². The Morgan fingerprint density at radius 1 is 1.31 bits per heavy atom. The molecule has 1 aliphatic rings. The van der Waals surface area contributed by atoms with Gasteiger partial charge in [0.25, 0.3) is 0 Å². The number of nitrogens with zero attached hydrogens (tertiary/aromatic N) is 3. The summed E-state index contributed by atoms with van der Waals surface area (Å²) in [5.74, 6) is 0. The molecular formula is C12H14N4. The Hall–Kier alpha value is -1.68. The van der Waals surface area contributed by atoms with Crippen LogP contribution in [0.5, 0.6) is 0 Å². The van der Waals surface area contributed by atoms with Crippen molar-refractivity contribution in [2.45, 2.75) is 12.5 Å². The minimum atomic E-state index is 0.284. The van der Waals surface area contributed by atoms with Crippen LogP contribution in [-0.2, 0) is 0 Å². The van der Waals surface area contributed by atoms with Crippen LogP contribution < -0.4 is 10.6 Å². The summed E-state index contributed by atoms with van der Waals surface area (Å²) in [6, 6.07) is 8.37. The van der Waals surface area contributed by atoms with E-state index in [1.54, 1.807) is 0 Å². The Balaban J connectivity index is 2.09. The fourth-order valence-electron chi connectivity index (χ4n) is 2.25. The summed E-state index contributed by atoms with van der Waals surface area (Å²) in [7, 11) is 0. The zero-order valence-corrected chi connectivity index (χ0v) is 9.00. The van der Waals surface area contributed by atoms with Gasteiger partial charge in [-0.05, 0) is 12.5 Å². The van der Waals surface area contributed by atoms with Gasteiger partial charge in [0.1, 0.15) is 0 Å². The molecular weight excluding hydrogens is 200 g/mol. The van der Waals surface area contributed by atoms with Gasteiger partial charge in [-0.3, -0.25) is 0 Å². The van der Waals surface area contributed by atoms with Crippen molar-refractivity contribution in [3.05, 3.63) is 30.5 Å². The molecule has 1 fully saturated rings. The maximum absolute atomic E-state index is 5.93. The van der Waals surface area contributed by atoms with Gasteiger partial charge in [-0.2, -0.15) is 10.2 Å². The van der Waals surface area contributed by atoms with Crippen LogP contribution >= 0.6 is 0 Å². The molecule has 0 bridgehead atoms. The monoisotopic (exact) mass is 214 g/mol. The molecule has 0 saturated carbocycles. The smallest absolute Gasteiger partial charge is 0.0950 e. The second kappa shape index (κ2) is 3.72. The minimum absolute atomic E-state index is 0.284. The van der Waals surface area contributed by atoms with Crippen molar-refractivity contribution in [2.75, 3.05) is 18.0 Å². The molecule has 0 spiro atoms. The van der Waals surface area contributed by atoms with Crippen LogP contribution in [-0.4, -0.2) is 29.3 Å². The Morgan fingerprint density at radius 3 is 3.00 bits per heavy atom. The van der Waals surface area contributed by atoms with E-state index < -0.39 is 0 Å².